The Morgan fingerprint density at radius 1 is 1.14 bits per heavy atom. The second-order valence-corrected chi connectivity index (χ2v) is 0.949. The average molecular weight is 95.1 g/mol. The molecule has 0 saturated heterocycles. The first kappa shape index (κ1) is 6.02. The van der Waals surface area contributed by atoms with Crippen molar-refractivity contribution < 1.29 is 5.11 Å². The minimum atomic E-state index is 0.722. The van der Waals surface area contributed by atoms with Gasteiger partial charge in [0, 0.05) is 0 Å². The monoisotopic (exact) mass is 95.0 g/mol. The zero-order valence-electron chi connectivity index (χ0n) is 4.00. The molecule has 0 aliphatic carbocycles. The van der Waals surface area contributed by atoms with Gasteiger partial charge in [-0.15, -0.1) is 0 Å². The van der Waals surface area contributed by atoms with Gasteiger partial charge in [0.1, 0.15) is 6.26 Å². The van der Waals surface area contributed by atoms with Gasteiger partial charge in [0.05, 0.1) is 0 Å². The molecule has 0 aromatic carbocycles. The van der Waals surface area contributed by atoms with E-state index in [1.807, 2.05) is 0 Å². The summed E-state index contributed by atoms with van der Waals surface area (Å²) in [5, 5.41) is 9.54. The molecule has 7 heavy (non-hydrogen) atoms. The maximum atomic E-state index is 9.54. The van der Waals surface area contributed by atoms with Crippen molar-refractivity contribution in [1.29, 1.82) is 0 Å². The standard InChI is InChI=1S/C6H7O/c1-2-3-4-5-6-7/h2-6H,1H2/b4-3+,6-5+. The van der Waals surface area contributed by atoms with Crippen LogP contribution >= 0.6 is 0 Å². The largest absolute Gasteiger partial charge is 0.299 e. The first-order valence-electron chi connectivity index (χ1n) is 1.98. The van der Waals surface area contributed by atoms with Crippen molar-refractivity contribution in [3.63, 3.8) is 0 Å². The molecular formula is C6H7O. The van der Waals surface area contributed by atoms with E-state index < -0.39 is 0 Å². The Balaban J connectivity index is 3.27. The highest BCUT2D eigenvalue weighted by molar-refractivity contribution is 5.06. The SMILES string of the molecule is C=C/C=C/C=C/[O]. The normalized spacial score (nSPS) is 10.9. The average Bonchev–Trinajstić information content (AvgIpc) is 1.69. The first-order chi connectivity index (χ1) is 3.41. The van der Waals surface area contributed by atoms with Crippen LogP contribution in [0.3, 0.4) is 0 Å². The summed E-state index contributed by atoms with van der Waals surface area (Å²) >= 11 is 0. The summed E-state index contributed by atoms with van der Waals surface area (Å²) in [4.78, 5) is 0. The molecule has 0 spiro atoms. The third-order valence-corrected chi connectivity index (χ3v) is 0.437. The van der Waals surface area contributed by atoms with Gasteiger partial charge in [-0.3, -0.25) is 5.11 Å². The smallest absolute Gasteiger partial charge is 0.142 e. The molecule has 1 heteroatoms. The molecule has 0 rings (SSSR count). The van der Waals surface area contributed by atoms with E-state index in [1.54, 1.807) is 18.2 Å². The first-order valence-corrected chi connectivity index (χ1v) is 1.98. The molecule has 0 atom stereocenters. The third kappa shape index (κ3) is 5.02. The molecule has 0 aliphatic rings. The van der Waals surface area contributed by atoms with Crippen molar-refractivity contribution in [3.8, 4) is 0 Å². The van der Waals surface area contributed by atoms with E-state index in [4.69, 9.17) is 0 Å². The molecule has 0 aromatic rings. The van der Waals surface area contributed by atoms with Crippen LogP contribution in [0.4, 0.5) is 0 Å². The molecule has 0 aliphatic heterocycles. The summed E-state index contributed by atoms with van der Waals surface area (Å²) < 4.78 is 0. The molecule has 1 nitrogen and oxygen atoms in total. The molecular weight excluding hydrogens is 88.1 g/mol. The maximum absolute atomic E-state index is 9.54. The lowest BCUT2D eigenvalue weighted by atomic mass is 10.5. The van der Waals surface area contributed by atoms with Crippen molar-refractivity contribution in [1.82, 2.24) is 0 Å². The van der Waals surface area contributed by atoms with Gasteiger partial charge in [-0.2, -0.15) is 0 Å². The Morgan fingerprint density at radius 3 is 2.29 bits per heavy atom. The van der Waals surface area contributed by atoms with Gasteiger partial charge < -0.3 is 0 Å². The lowest BCUT2D eigenvalue weighted by Crippen LogP contribution is -1.44. The Morgan fingerprint density at radius 2 is 1.86 bits per heavy atom. The van der Waals surface area contributed by atoms with Crippen LogP contribution in [-0.4, -0.2) is 0 Å². The minimum Gasteiger partial charge on any atom is -0.299 e. The van der Waals surface area contributed by atoms with Crippen molar-refractivity contribution in [2.24, 2.45) is 0 Å². The van der Waals surface area contributed by atoms with Crippen LogP contribution in [-0.2, 0) is 5.11 Å². The van der Waals surface area contributed by atoms with Crippen LogP contribution < -0.4 is 0 Å². The summed E-state index contributed by atoms with van der Waals surface area (Å²) in [6.07, 6.45) is 7.05. The molecule has 0 saturated carbocycles. The summed E-state index contributed by atoms with van der Waals surface area (Å²) in [5.74, 6) is 0. The van der Waals surface area contributed by atoms with Crippen LogP contribution in [0.15, 0.2) is 37.1 Å². The van der Waals surface area contributed by atoms with Gasteiger partial charge in [0.25, 0.3) is 0 Å². The molecule has 0 unspecified atom stereocenters. The Labute approximate surface area is 43.3 Å². The zero-order valence-corrected chi connectivity index (χ0v) is 4.00. The molecule has 0 aromatic heterocycles. The highest BCUT2D eigenvalue weighted by Crippen LogP contribution is 1.73. The van der Waals surface area contributed by atoms with Gasteiger partial charge >= 0.3 is 0 Å². The van der Waals surface area contributed by atoms with Crippen molar-refractivity contribution in [2.45, 2.75) is 0 Å². The van der Waals surface area contributed by atoms with Crippen molar-refractivity contribution >= 4 is 0 Å². The molecule has 37 valence electrons. The quantitative estimate of drug-likeness (QED) is 0.367. The number of hydrogen-bond donors (Lipinski definition) is 0. The van der Waals surface area contributed by atoms with E-state index in [2.05, 4.69) is 6.58 Å². The molecule has 0 N–H and O–H groups in total. The number of hydrogen-bond acceptors (Lipinski definition) is 0. The van der Waals surface area contributed by atoms with Crippen LogP contribution in [0.25, 0.3) is 0 Å². The van der Waals surface area contributed by atoms with E-state index in [9.17, 15) is 5.11 Å². The summed E-state index contributed by atoms with van der Waals surface area (Å²) in [7, 11) is 0. The molecule has 0 heterocycles. The molecule has 0 fully saturated rings. The topological polar surface area (TPSA) is 19.9 Å². The second kappa shape index (κ2) is 5.02. The van der Waals surface area contributed by atoms with E-state index in [1.165, 1.54) is 6.08 Å². The van der Waals surface area contributed by atoms with Gasteiger partial charge in [-0.1, -0.05) is 24.8 Å². The van der Waals surface area contributed by atoms with Gasteiger partial charge in [-0.25, -0.2) is 0 Å². The van der Waals surface area contributed by atoms with Gasteiger partial charge in [0.15, 0.2) is 0 Å². The summed E-state index contributed by atoms with van der Waals surface area (Å²) in [6, 6.07) is 0. The summed E-state index contributed by atoms with van der Waals surface area (Å²) in [5.41, 5.74) is 0. The minimum absolute atomic E-state index is 0.722. The Hall–Kier alpha value is -0.980. The van der Waals surface area contributed by atoms with E-state index >= 15 is 0 Å². The number of rotatable bonds is 2. The number of allylic oxidation sites excluding steroid dienone is 4. The maximum Gasteiger partial charge on any atom is 0.142 e. The Kier molecular flexibility index (Phi) is 4.32. The van der Waals surface area contributed by atoms with Gasteiger partial charge in [-0.05, 0) is 6.08 Å². The third-order valence-electron chi connectivity index (χ3n) is 0.437. The van der Waals surface area contributed by atoms with Crippen LogP contribution in [0.5, 0.6) is 0 Å². The highest BCUT2D eigenvalue weighted by atomic mass is 16.2. The van der Waals surface area contributed by atoms with E-state index in [0.29, 0.717) is 0 Å². The fourth-order valence-corrected chi connectivity index (χ4v) is 0.188. The van der Waals surface area contributed by atoms with Crippen molar-refractivity contribution in [2.75, 3.05) is 0 Å². The van der Waals surface area contributed by atoms with Crippen LogP contribution in [0.1, 0.15) is 0 Å². The van der Waals surface area contributed by atoms with Crippen LogP contribution in [0.2, 0.25) is 0 Å². The molecule has 1 radical (unpaired) electrons. The predicted octanol–water partition coefficient (Wildman–Crippen LogP) is 1.67. The van der Waals surface area contributed by atoms with E-state index in [-0.39, 0.29) is 0 Å². The lowest BCUT2D eigenvalue weighted by molar-refractivity contribution is 0.352. The predicted molar refractivity (Wildman–Crippen MR) is 29.2 cm³/mol. The van der Waals surface area contributed by atoms with Crippen LogP contribution in [0, 0.1) is 0 Å². The van der Waals surface area contributed by atoms with Crippen molar-refractivity contribution in [3.05, 3.63) is 37.1 Å². The molecule has 0 amide bonds. The second-order valence-electron chi connectivity index (χ2n) is 0.949. The van der Waals surface area contributed by atoms with Gasteiger partial charge in [0.2, 0.25) is 0 Å². The molecule has 0 bridgehead atoms. The Bertz CT molecular complexity index is 90.4. The van der Waals surface area contributed by atoms with E-state index in [0.717, 1.165) is 6.26 Å². The fourth-order valence-electron chi connectivity index (χ4n) is 0.188. The summed E-state index contributed by atoms with van der Waals surface area (Å²) in [6.45, 7) is 3.41. The fraction of sp³-hybridized carbons (Fsp3) is 0. The zero-order chi connectivity index (χ0) is 5.54. The lowest BCUT2D eigenvalue weighted by Gasteiger charge is -1.63. The highest BCUT2D eigenvalue weighted by Gasteiger charge is 1.55.